The SMILES string of the molecule is CCOc1cc2ccccc2c(O[C@@H]2C[C@H]3C(=O)C[C@]4(C(=O)NS(=O)(=O)C5(CF)CC5)C[C@H]4/C=C\CC[C@H](C)C[C@@H](C)[C@H](CC(=O)OC(C)(C)C(C)(F)F)C(=O)N3C2)n1. The molecule has 0 radical (unpaired) electrons. The molecule has 6 rings (SSSR count). The highest BCUT2D eigenvalue weighted by molar-refractivity contribution is 7.91. The highest BCUT2D eigenvalue weighted by Gasteiger charge is 2.63. The lowest BCUT2D eigenvalue weighted by Gasteiger charge is -2.34. The van der Waals surface area contributed by atoms with Crippen molar-refractivity contribution in [3.8, 4) is 11.8 Å². The predicted molar refractivity (Wildman–Crippen MR) is 213 cm³/mol. The average Bonchev–Trinajstić information content (AvgIpc) is 4.06. The molecule has 3 fully saturated rings. The number of ketones is 1. The number of nitrogens with one attached hydrogen (secondary N) is 1. The van der Waals surface area contributed by atoms with Crippen molar-refractivity contribution in [1.82, 2.24) is 14.6 Å². The van der Waals surface area contributed by atoms with Crippen molar-refractivity contribution in [3.63, 3.8) is 0 Å². The molecule has 16 heteroatoms. The Morgan fingerprint density at radius 3 is 2.46 bits per heavy atom. The second-order valence-corrected chi connectivity index (χ2v) is 19.8. The molecule has 3 heterocycles. The minimum Gasteiger partial charge on any atom is -0.478 e. The average molecular weight is 848 g/mol. The Morgan fingerprint density at radius 1 is 1.08 bits per heavy atom. The fraction of sp³-hybridized carbons (Fsp3) is 0.651. The van der Waals surface area contributed by atoms with E-state index in [-0.39, 0.29) is 44.0 Å². The largest absolute Gasteiger partial charge is 0.478 e. The van der Waals surface area contributed by atoms with Crippen molar-refractivity contribution in [2.24, 2.45) is 29.1 Å². The first kappa shape index (κ1) is 44.3. The van der Waals surface area contributed by atoms with Crippen molar-refractivity contribution in [2.75, 3.05) is 19.8 Å². The zero-order valence-electron chi connectivity index (χ0n) is 34.6. The van der Waals surface area contributed by atoms with Crippen molar-refractivity contribution in [3.05, 3.63) is 42.5 Å². The van der Waals surface area contributed by atoms with E-state index < -0.39 is 105 Å². The topological polar surface area (TPSA) is 158 Å². The van der Waals surface area contributed by atoms with E-state index in [1.807, 2.05) is 57.2 Å². The van der Waals surface area contributed by atoms with Crippen molar-refractivity contribution in [1.29, 1.82) is 0 Å². The van der Waals surface area contributed by atoms with Gasteiger partial charge in [-0.05, 0) is 88.5 Å². The van der Waals surface area contributed by atoms with E-state index in [1.54, 1.807) is 6.07 Å². The number of aromatic nitrogens is 1. The van der Waals surface area contributed by atoms with Gasteiger partial charge in [-0.25, -0.2) is 21.6 Å². The normalized spacial score (nSPS) is 29.3. The summed E-state index contributed by atoms with van der Waals surface area (Å²) in [6, 6.07) is 7.93. The number of hydrogen-bond donors (Lipinski definition) is 1. The van der Waals surface area contributed by atoms with Gasteiger partial charge in [-0.1, -0.05) is 44.2 Å². The third kappa shape index (κ3) is 9.26. The zero-order chi connectivity index (χ0) is 43.1. The number of benzene rings is 1. The third-order valence-corrected chi connectivity index (χ3v) is 15.0. The highest BCUT2D eigenvalue weighted by Crippen LogP contribution is 2.58. The molecule has 12 nitrogen and oxygen atoms in total. The van der Waals surface area contributed by atoms with Crippen LogP contribution in [0.4, 0.5) is 13.2 Å². The molecular weight excluding hydrogens is 792 g/mol. The lowest BCUT2D eigenvalue weighted by Crippen LogP contribution is -2.49. The van der Waals surface area contributed by atoms with Crippen molar-refractivity contribution in [2.45, 2.75) is 128 Å². The fourth-order valence-corrected chi connectivity index (χ4v) is 9.89. The van der Waals surface area contributed by atoms with E-state index in [1.165, 1.54) is 4.90 Å². The summed E-state index contributed by atoms with van der Waals surface area (Å²) in [5.74, 6) is -7.83. The molecule has 2 saturated carbocycles. The van der Waals surface area contributed by atoms with Crippen LogP contribution in [0.5, 0.6) is 11.8 Å². The minimum atomic E-state index is -4.39. The van der Waals surface area contributed by atoms with E-state index in [0.29, 0.717) is 44.1 Å². The molecular formula is C43H56F3N3O9S. The molecule has 2 aliphatic heterocycles. The fourth-order valence-electron chi connectivity index (χ4n) is 8.45. The number of hydrogen-bond acceptors (Lipinski definition) is 10. The standard InChI is InChI=1S/C43H56F3N3O9S/c1-7-56-35-19-28-13-9-11-15-31(28)37(47-35)57-30-20-33-34(50)23-43(39(53)48-59(54,55)42(25-44)16-17-42)22-29(43)14-10-8-12-26(2)18-27(3)32(38(52)49(33)24-30)21-36(51)58-40(4,5)41(6,45)46/h9-11,13-15,19,26-27,29-30,32-33H,7-8,12,16-18,20-25H2,1-6H3,(H,48,53)/b14-10-/t26-,27+,29+,30+,32-,33-,43+/m0/s1. The number of halogens is 3. The van der Waals surface area contributed by atoms with Crippen LogP contribution in [0, 0.1) is 29.1 Å². The minimum absolute atomic E-state index is 0.0298. The summed E-state index contributed by atoms with van der Waals surface area (Å²) in [5, 5.41) is 1.43. The zero-order valence-corrected chi connectivity index (χ0v) is 35.4. The van der Waals surface area contributed by atoms with Crippen LogP contribution >= 0.6 is 0 Å². The van der Waals surface area contributed by atoms with Crippen molar-refractivity contribution >= 4 is 44.4 Å². The van der Waals surface area contributed by atoms with E-state index in [2.05, 4.69) is 9.71 Å². The lowest BCUT2D eigenvalue weighted by atomic mass is 9.82. The molecule has 0 unspecified atom stereocenters. The molecule has 0 spiro atoms. The van der Waals surface area contributed by atoms with Gasteiger partial charge in [0.1, 0.15) is 17.5 Å². The van der Waals surface area contributed by atoms with Gasteiger partial charge >= 0.3 is 5.97 Å². The van der Waals surface area contributed by atoms with Gasteiger partial charge in [-0.2, -0.15) is 4.98 Å². The van der Waals surface area contributed by atoms with Crippen LogP contribution < -0.4 is 14.2 Å². The van der Waals surface area contributed by atoms with Crippen LogP contribution in [0.25, 0.3) is 10.8 Å². The molecule has 1 aromatic carbocycles. The van der Waals surface area contributed by atoms with Gasteiger partial charge in [-0.15, -0.1) is 0 Å². The second-order valence-electron chi connectivity index (χ2n) is 17.8. The smallest absolute Gasteiger partial charge is 0.307 e. The Morgan fingerprint density at radius 2 is 1.80 bits per heavy atom. The van der Waals surface area contributed by atoms with Crippen molar-refractivity contribution < 1.29 is 55.0 Å². The molecule has 1 saturated heterocycles. The number of esters is 1. The number of amides is 2. The third-order valence-electron chi connectivity index (χ3n) is 12.9. The number of Topliss-reactive ketones (excluding diaryl/α,β-unsaturated/α-hetero) is 1. The highest BCUT2D eigenvalue weighted by atomic mass is 32.2. The van der Waals surface area contributed by atoms with Gasteiger partial charge in [0.25, 0.3) is 5.92 Å². The van der Waals surface area contributed by atoms with Crippen LogP contribution in [0.2, 0.25) is 0 Å². The number of allylic oxidation sites excluding steroid dienone is 2. The number of pyridine rings is 1. The molecule has 1 aromatic heterocycles. The van der Waals surface area contributed by atoms with Gasteiger partial charge in [0.05, 0.1) is 36.9 Å². The van der Waals surface area contributed by atoms with E-state index >= 15 is 0 Å². The Bertz CT molecular complexity index is 2090. The summed E-state index contributed by atoms with van der Waals surface area (Å²) >= 11 is 0. The Balaban J connectivity index is 1.36. The number of carbonyl (C=O) groups is 4. The van der Waals surface area contributed by atoms with E-state index in [0.717, 1.165) is 19.2 Å². The number of alkyl halides is 3. The maximum Gasteiger partial charge on any atom is 0.307 e. The van der Waals surface area contributed by atoms with Crippen LogP contribution in [-0.2, 0) is 33.9 Å². The first-order chi connectivity index (χ1) is 27.7. The first-order valence-corrected chi connectivity index (χ1v) is 22.1. The van der Waals surface area contributed by atoms with E-state index in [4.69, 9.17) is 14.2 Å². The first-order valence-electron chi connectivity index (χ1n) is 20.6. The number of nitrogens with zero attached hydrogens (tertiary/aromatic N) is 2. The number of rotatable bonds is 12. The predicted octanol–water partition coefficient (Wildman–Crippen LogP) is 6.89. The van der Waals surface area contributed by atoms with E-state index in [9.17, 15) is 40.8 Å². The van der Waals surface area contributed by atoms with Gasteiger partial charge in [0, 0.05) is 31.2 Å². The van der Waals surface area contributed by atoms with Gasteiger partial charge in [0.15, 0.2) is 11.4 Å². The molecule has 0 bridgehead atoms. The maximum absolute atomic E-state index is 14.9. The summed E-state index contributed by atoms with van der Waals surface area (Å²) in [4.78, 5) is 63.0. The van der Waals surface area contributed by atoms with Gasteiger partial charge in [-0.3, -0.25) is 23.9 Å². The number of fused-ring (bicyclic) bond motifs is 3. The van der Waals surface area contributed by atoms with Crippen LogP contribution in [0.15, 0.2) is 42.5 Å². The second kappa shape index (κ2) is 16.7. The molecule has 59 heavy (non-hydrogen) atoms. The number of carbonyl (C=O) groups excluding carboxylic acids is 4. The Hall–Kier alpha value is -4.21. The summed E-state index contributed by atoms with van der Waals surface area (Å²) in [6.07, 6.45) is 3.99. The van der Waals surface area contributed by atoms with Gasteiger partial charge < -0.3 is 19.1 Å². The molecule has 2 aromatic rings. The molecule has 4 aliphatic rings. The monoisotopic (exact) mass is 847 g/mol. The summed E-state index contributed by atoms with van der Waals surface area (Å²) in [5.41, 5.74) is -3.64. The Kier molecular flexibility index (Phi) is 12.5. The summed E-state index contributed by atoms with van der Waals surface area (Å²) < 4.78 is 87.2. The van der Waals surface area contributed by atoms with Gasteiger partial charge in [0.2, 0.25) is 33.6 Å². The summed E-state index contributed by atoms with van der Waals surface area (Å²) in [6.45, 7) is 7.55. The quantitative estimate of drug-likeness (QED) is 0.176. The maximum atomic E-state index is 14.9. The molecule has 7 atom stereocenters. The van der Waals surface area contributed by atoms with Crippen LogP contribution in [-0.4, -0.2) is 90.1 Å². The molecule has 2 amide bonds. The molecule has 324 valence electrons. The molecule has 1 N–H and O–H groups in total. The molecule has 2 aliphatic carbocycles. The van der Waals surface area contributed by atoms with Crippen LogP contribution in [0.3, 0.4) is 0 Å². The Labute approximate surface area is 344 Å². The van der Waals surface area contributed by atoms with Crippen LogP contribution in [0.1, 0.15) is 99.3 Å². The lowest BCUT2D eigenvalue weighted by molar-refractivity contribution is -0.197. The summed E-state index contributed by atoms with van der Waals surface area (Å²) in [7, 11) is -4.39. The number of ether oxygens (including phenoxy) is 3. The number of sulfonamides is 1.